The summed E-state index contributed by atoms with van der Waals surface area (Å²) in [6.07, 6.45) is 3.16. The molecule has 0 radical (unpaired) electrons. The molecule has 2 saturated heterocycles. The summed E-state index contributed by atoms with van der Waals surface area (Å²) < 4.78 is 33.7. The molecule has 2 aromatic heterocycles. The number of amides is 4. The molecule has 3 aromatic carbocycles. The molecule has 330 valence electrons. The molecule has 7 rings (SSSR count). The zero-order valence-electron chi connectivity index (χ0n) is 36.3. The summed E-state index contributed by atoms with van der Waals surface area (Å²) in [6.45, 7) is 8.87. The van der Waals surface area contributed by atoms with E-state index in [9.17, 15) is 28.0 Å². The van der Waals surface area contributed by atoms with Gasteiger partial charge in [-0.1, -0.05) is 44.2 Å². The summed E-state index contributed by atoms with van der Waals surface area (Å²) in [5.41, 5.74) is 2.96. The Morgan fingerprint density at radius 1 is 0.677 bits per heavy atom. The first-order chi connectivity index (χ1) is 29.8. The average molecular weight is 853 g/mol. The van der Waals surface area contributed by atoms with Gasteiger partial charge in [-0.2, -0.15) is 0 Å². The van der Waals surface area contributed by atoms with Crippen molar-refractivity contribution in [1.29, 1.82) is 0 Å². The van der Waals surface area contributed by atoms with E-state index in [1.807, 2.05) is 63.1 Å². The number of imidazole rings is 2. The molecule has 2 aliphatic rings. The van der Waals surface area contributed by atoms with Crippen molar-refractivity contribution in [3.05, 3.63) is 83.9 Å². The van der Waals surface area contributed by atoms with Crippen LogP contribution in [0.25, 0.3) is 33.7 Å². The Bertz CT molecular complexity index is 2420. The van der Waals surface area contributed by atoms with Gasteiger partial charge in [0, 0.05) is 56.8 Å². The topological polar surface area (TPSA) is 159 Å². The fraction of sp³-hybridized carbons (Fsp3) is 0.478. The predicted molar refractivity (Wildman–Crippen MR) is 234 cm³/mol. The Morgan fingerprint density at radius 2 is 1.16 bits per heavy atom. The third-order valence-electron chi connectivity index (χ3n) is 12.5. The van der Waals surface area contributed by atoms with E-state index >= 15 is 0 Å². The molecule has 0 aliphatic carbocycles. The van der Waals surface area contributed by atoms with E-state index in [0.29, 0.717) is 72.6 Å². The molecule has 2 fully saturated rings. The summed E-state index contributed by atoms with van der Waals surface area (Å²) in [5, 5.41) is 11.8. The minimum Gasteiger partial charge on any atom is -0.343 e. The van der Waals surface area contributed by atoms with Crippen LogP contribution >= 0.6 is 0 Å². The number of hydrogen-bond acceptors (Lipinski definition) is 8. The van der Waals surface area contributed by atoms with Gasteiger partial charge in [0.15, 0.2) is 11.6 Å². The molecule has 4 heterocycles. The number of carbonyl (C=O) groups is 4. The van der Waals surface area contributed by atoms with Crippen molar-refractivity contribution < 1.29 is 28.0 Å². The molecule has 0 unspecified atom stereocenters. The van der Waals surface area contributed by atoms with E-state index in [1.165, 1.54) is 24.3 Å². The Morgan fingerprint density at radius 3 is 1.65 bits per heavy atom. The van der Waals surface area contributed by atoms with E-state index in [1.54, 1.807) is 40.1 Å². The number of halogens is 2. The molecule has 6 atom stereocenters. The van der Waals surface area contributed by atoms with Crippen LogP contribution in [0.2, 0.25) is 0 Å². The minimum atomic E-state index is -0.819. The average Bonchev–Trinajstić information content (AvgIpc) is 4.07. The van der Waals surface area contributed by atoms with Gasteiger partial charge in [0.05, 0.1) is 34.2 Å². The van der Waals surface area contributed by atoms with E-state index in [4.69, 9.17) is 9.97 Å². The summed E-state index contributed by atoms with van der Waals surface area (Å²) >= 11 is 0. The van der Waals surface area contributed by atoms with Crippen molar-refractivity contribution in [2.24, 2.45) is 5.92 Å². The van der Waals surface area contributed by atoms with Gasteiger partial charge in [-0.25, -0.2) is 18.7 Å². The maximum absolute atomic E-state index is 14.9. The lowest BCUT2D eigenvalue weighted by atomic mass is 10.0. The summed E-state index contributed by atoms with van der Waals surface area (Å²) in [6, 6.07) is 15.2. The number of likely N-dealkylation sites (tertiary alicyclic amines) is 2. The summed E-state index contributed by atoms with van der Waals surface area (Å²) in [4.78, 5) is 68.6. The first-order valence-electron chi connectivity index (χ1n) is 21.7. The number of nitrogens with zero attached hydrogens (tertiary/aromatic N) is 6. The van der Waals surface area contributed by atoms with Crippen LogP contribution in [-0.2, 0) is 38.7 Å². The number of rotatable bonds is 16. The van der Waals surface area contributed by atoms with Crippen LogP contribution in [0.3, 0.4) is 0 Å². The van der Waals surface area contributed by atoms with Crippen LogP contribution in [-0.4, -0.2) is 116 Å². The zero-order chi connectivity index (χ0) is 44.2. The Balaban J connectivity index is 1.25. The Labute approximate surface area is 360 Å². The smallest absolute Gasteiger partial charge is 0.245 e. The predicted octanol–water partition coefficient (Wildman–Crippen LogP) is 4.40. The van der Waals surface area contributed by atoms with Crippen LogP contribution in [0.4, 0.5) is 8.78 Å². The van der Waals surface area contributed by atoms with Crippen molar-refractivity contribution >= 4 is 45.7 Å². The van der Waals surface area contributed by atoms with Gasteiger partial charge in [-0.15, -0.1) is 0 Å². The lowest BCUT2D eigenvalue weighted by molar-refractivity contribution is -0.139. The monoisotopic (exact) mass is 852 g/mol. The Hall–Kier alpha value is -5.74. The fourth-order valence-corrected chi connectivity index (χ4v) is 8.75. The second-order valence-corrected chi connectivity index (χ2v) is 17.0. The standard InChI is InChI=1S/C46H58F2N10O4/c1-27(2)40(54-44(60)29(4)50-6)46(62)56-21-11-15-34(56)26-58-39-19-17-32(48)24-36(39)52-42(58)41-51-35-23-31(47)16-18-38(35)57(41)25-33-14-10-20-55(33)45(61)37(53-43(59)28(3)49-5)22-30-12-8-7-9-13-30/h7-9,12-13,16-19,23-24,27-29,33-34,37,40,49-50H,10-11,14-15,20-22,25-26H2,1-6H3,(H,53,59)(H,54,60)/t28-,29-,33+,34+,37-,40-/m1/s1. The van der Waals surface area contributed by atoms with Crippen LogP contribution in [0.15, 0.2) is 66.7 Å². The van der Waals surface area contributed by atoms with Crippen LogP contribution in [0.5, 0.6) is 0 Å². The molecule has 4 amide bonds. The summed E-state index contributed by atoms with van der Waals surface area (Å²) in [5.74, 6) is -1.21. The van der Waals surface area contributed by atoms with Crippen molar-refractivity contribution in [1.82, 2.24) is 50.2 Å². The number of fused-ring (bicyclic) bond motifs is 2. The second-order valence-electron chi connectivity index (χ2n) is 17.0. The van der Waals surface area contributed by atoms with Gasteiger partial charge < -0.3 is 40.2 Å². The number of benzene rings is 3. The largest absolute Gasteiger partial charge is 0.343 e. The van der Waals surface area contributed by atoms with Crippen molar-refractivity contribution in [3.63, 3.8) is 0 Å². The maximum atomic E-state index is 14.9. The molecule has 2 aliphatic heterocycles. The molecule has 0 saturated carbocycles. The van der Waals surface area contributed by atoms with Crippen LogP contribution in [0.1, 0.15) is 58.9 Å². The van der Waals surface area contributed by atoms with Gasteiger partial charge in [0.25, 0.3) is 0 Å². The number of nitrogens with one attached hydrogen (secondary N) is 4. The van der Waals surface area contributed by atoms with Gasteiger partial charge >= 0.3 is 0 Å². The van der Waals surface area contributed by atoms with E-state index in [2.05, 4.69) is 21.3 Å². The lowest BCUT2D eigenvalue weighted by Gasteiger charge is -2.32. The van der Waals surface area contributed by atoms with Gasteiger partial charge in [-0.05, 0) is 89.4 Å². The molecule has 62 heavy (non-hydrogen) atoms. The van der Waals surface area contributed by atoms with E-state index < -0.39 is 35.8 Å². The Kier molecular flexibility index (Phi) is 13.7. The molecule has 0 bridgehead atoms. The molecular formula is C46H58F2N10O4. The van der Waals surface area contributed by atoms with Gasteiger partial charge in [-0.3, -0.25) is 19.2 Å². The van der Waals surface area contributed by atoms with Crippen molar-refractivity contribution in [2.75, 3.05) is 27.2 Å². The highest BCUT2D eigenvalue weighted by Crippen LogP contribution is 2.33. The fourth-order valence-electron chi connectivity index (χ4n) is 8.75. The highest BCUT2D eigenvalue weighted by Gasteiger charge is 2.38. The minimum absolute atomic E-state index is 0.173. The second kappa shape index (κ2) is 19.1. The van der Waals surface area contributed by atoms with Gasteiger partial charge in [0.2, 0.25) is 23.6 Å². The quantitative estimate of drug-likeness (QED) is 0.114. The SMILES string of the molecule is CN[C@H](C)C(=O)N[C@H](Cc1ccccc1)C(=O)N1CCC[C@H]1Cn1c(-c2nc3cc(F)ccc3n2C[C@@H]2CCCN2C(=O)[C@H](NC(=O)[C@@H](C)NC)C(C)C)nc2cc(F)ccc21. The molecule has 14 nitrogen and oxygen atoms in total. The molecule has 4 N–H and O–H groups in total. The molecule has 5 aromatic rings. The van der Waals surface area contributed by atoms with Gasteiger partial charge in [0.1, 0.15) is 23.7 Å². The number of carbonyl (C=O) groups excluding carboxylic acids is 4. The van der Waals surface area contributed by atoms with E-state index in [-0.39, 0.29) is 48.2 Å². The van der Waals surface area contributed by atoms with Crippen molar-refractivity contribution in [3.8, 4) is 11.6 Å². The number of hydrogen-bond donors (Lipinski definition) is 4. The zero-order valence-corrected chi connectivity index (χ0v) is 36.3. The highest BCUT2D eigenvalue weighted by atomic mass is 19.1. The third kappa shape index (κ3) is 9.36. The van der Waals surface area contributed by atoms with Crippen LogP contribution in [0, 0.1) is 17.6 Å². The molecular weight excluding hydrogens is 795 g/mol. The number of likely N-dealkylation sites (N-methyl/N-ethyl adjacent to an activating group) is 2. The van der Waals surface area contributed by atoms with Crippen molar-refractivity contribution in [2.45, 2.75) is 109 Å². The normalized spacial score (nSPS) is 18.7. The first kappa shape index (κ1) is 44.3. The molecule has 16 heteroatoms. The van der Waals surface area contributed by atoms with E-state index in [0.717, 1.165) is 18.4 Å². The number of aromatic nitrogens is 4. The molecule has 0 spiro atoms. The maximum Gasteiger partial charge on any atom is 0.245 e. The first-order valence-corrected chi connectivity index (χ1v) is 21.7. The third-order valence-corrected chi connectivity index (χ3v) is 12.5. The van der Waals surface area contributed by atoms with Crippen LogP contribution < -0.4 is 21.3 Å². The lowest BCUT2D eigenvalue weighted by Crippen LogP contribution is -2.55. The highest BCUT2D eigenvalue weighted by molar-refractivity contribution is 5.91. The summed E-state index contributed by atoms with van der Waals surface area (Å²) in [7, 11) is 3.38.